The molecule has 0 saturated carbocycles. The maximum atomic E-state index is 10.4. The lowest BCUT2D eigenvalue weighted by molar-refractivity contribution is -0.249. The second-order valence-corrected chi connectivity index (χ2v) is 2.62. The summed E-state index contributed by atoms with van der Waals surface area (Å²) in [6.45, 7) is 0. The van der Waals surface area contributed by atoms with E-state index in [4.69, 9.17) is 30.8 Å². The van der Waals surface area contributed by atoms with Gasteiger partial charge in [-0.2, -0.15) is 5.26 Å². The van der Waals surface area contributed by atoms with Gasteiger partial charge in [0.1, 0.15) is 12.2 Å². The summed E-state index contributed by atoms with van der Waals surface area (Å²) in [6, 6.07) is 0. The van der Waals surface area contributed by atoms with Crippen LogP contribution in [-0.2, 0) is 14.5 Å². The maximum absolute atomic E-state index is 10.4. The van der Waals surface area contributed by atoms with Gasteiger partial charge in [-0.15, -0.1) is 0 Å². The minimum atomic E-state index is -2.39. The fourth-order valence-electron chi connectivity index (χ4n) is 0.713. The number of carbonyl (C=O) groups is 2. The van der Waals surface area contributed by atoms with Gasteiger partial charge in [-0.1, -0.05) is 0 Å². The molecule has 0 aliphatic rings. The van der Waals surface area contributed by atoms with E-state index in [1.165, 1.54) is 0 Å². The van der Waals surface area contributed by atoms with E-state index >= 15 is 0 Å². The summed E-state index contributed by atoms with van der Waals surface area (Å²) >= 11 is 0. The van der Waals surface area contributed by atoms with Crippen molar-refractivity contribution >= 4 is 11.9 Å². The molecule has 15 heavy (non-hydrogen) atoms. The molecular formula is C6H10O9. The van der Waals surface area contributed by atoms with Gasteiger partial charge in [-0.3, -0.25) is 4.89 Å². The molecule has 0 heterocycles. The molecule has 9 nitrogen and oxygen atoms in total. The molecule has 88 valence electrons. The van der Waals surface area contributed by atoms with Crippen molar-refractivity contribution in [2.24, 2.45) is 0 Å². The van der Waals surface area contributed by atoms with Crippen LogP contribution in [0.3, 0.4) is 0 Å². The van der Waals surface area contributed by atoms with E-state index in [0.29, 0.717) is 0 Å². The van der Waals surface area contributed by atoms with Gasteiger partial charge in [0, 0.05) is 0 Å². The van der Waals surface area contributed by atoms with Crippen molar-refractivity contribution < 1.29 is 45.3 Å². The van der Waals surface area contributed by atoms with Crippen LogP contribution in [0.25, 0.3) is 0 Å². The zero-order chi connectivity index (χ0) is 12.2. The first-order valence-electron chi connectivity index (χ1n) is 3.63. The van der Waals surface area contributed by atoms with Gasteiger partial charge in [0.15, 0.2) is 12.2 Å². The number of carboxylic acid groups (broad SMARTS) is 1. The van der Waals surface area contributed by atoms with Crippen LogP contribution < -0.4 is 0 Å². The van der Waals surface area contributed by atoms with Crippen molar-refractivity contribution in [3.05, 3.63) is 0 Å². The van der Waals surface area contributed by atoms with Crippen LogP contribution >= 0.6 is 0 Å². The zero-order valence-electron chi connectivity index (χ0n) is 7.22. The SMILES string of the molecule is O=C(O)[C@@H](O)[C@@H](O)[C@H](O)[C@@H](O)C(=O)OO. The average molecular weight is 226 g/mol. The summed E-state index contributed by atoms with van der Waals surface area (Å²) in [6.07, 6.45) is -9.38. The fraction of sp³-hybridized carbons (Fsp3) is 0.667. The van der Waals surface area contributed by atoms with Crippen LogP contribution in [0.2, 0.25) is 0 Å². The van der Waals surface area contributed by atoms with Gasteiger partial charge in [-0.25, -0.2) is 9.59 Å². The van der Waals surface area contributed by atoms with E-state index in [0.717, 1.165) is 0 Å². The van der Waals surface area contributed by atoms with Gasteiger partial charge in [0.2, 0.25) is 0 Å². The summed E-state index contributed by atoms with van der Waals surface area (Å²) in [7, 11) is 0. The minimum Gasteiger partial charge on any atom is -0.479 e. The number of hydrogen-bond donors (Lipinski definition) is 6. The van der Waals surface area contributed by atoms with Gasteiger partial charge in [0.05, 0.1) is 0 Å². The number of carboxylic acids is 1. The highest BCUT2D eigenvalue weighted by Crippen LogP contribution is 2.06. The largest absolute Gasteiger partial charge is 0.479 e. The topological polar surface area (TPSA) is 165 Å². The van der Waals surface area contributed by atoms with Gasteiger partial charge in [-0.05, 0) is 0 Å². The lowest BCUT2D eigenvalue weighted by Crippen LogP contribution is -2.50. The van der Waals surface area contributed by atoms with Crippen LogP contribution in [0.1, 0.15) is 0 Å². The molecule has 0 aromatic heterocycles. The molecular weight excluding hydrogens is 216 g/mol. The number of aliphatic hydroxyl groups excluding tert-OH is 4. The highest BCUT2D eigenvalue weighted by molar-refractivity contribution is 5.76. The molecule has 0 radical (unpaired) electrons. The number of carbonyl (C=O) groups excluding carboxylic acids is 1. The molecule has 0 amide bonds. The number of rotatable bonds is 5. The predicted octanol–water partition coefficient (Wildman–Crippen LogP) is -3.47. The third-order valence-electron chi connectivity index (χ3n) is 1.58. The second-order valence-electron chi connectivity index (χ2n) is 2.62. The molecule has 0 aliphatic heterocycles. The highest BCUT2D eigenvalue weighted by Gasteiger charge is 2.38. The van der Waals surface area contributed by atoms with Crippen LogP contribution in [0, 0.1) is 0 Å². The molecule has 0 unspecified atom stereocenters. The van der Waals surface area contributed by atoms with Crippen LogP contribution in [-0.4, -0.2) is 67.1 Å². The molecule has 0 fully saturated rings. The quantitative estimate of drug-likeness (QED) is 0.206. The monoisotopic (exact) mass is 226 g/mol. The minimum absolute atomic E-state index is 1.70. The molecule has 4 atom stereocenters. The Morgan fingerprint density at radius 3 is 1.67 bits per heavy atom. The molecule has 0 rings (SSSR count). The van der Waals surface area contributed by atoms with Crippen LogP contribution in [0.4, 0.5) is 0 Å². The third-order valence-corrected chi connectivity index (χ3v) is 1.58. The summed E-state index contributed by atoms with van der Waals surface area (Å²) in [5.74, 6) is -3.55. The fourth-order valence-corrected chi connectivity index (χ4v) is 0.713. The summed E-state index contributed by atoms with van der Waals surface area (Å²) < 4.78 is 0. The number of hydrogen-bond acceptors (Lipinski definition) is 8. The van der Waals surface area contributed by atoms with Crippen molar-refractivity contribution in [1.29, 1.82) is 0 Å². The van der Waals surface area contributed by atoms with Crippen molar-refractivity contribution in [2.45, 2.75) is 24.4 Å². The molecule has 9 heteroatoms. The first-order valence-corrected chi connectivity index (χ1v) is 3.63. The van der Waals surface area contributed by atoms with Crippen LogP contribution in [0.5, 0.6) is 0 Å². The van der Waals surface area contributed by atoms with Gasteiger partial charge < -0.3 is 25.5 Å². The van der Waals surface area contributed by atoms with Crippen molar-refractivity contribution in [1.82, 2.24) is 0 Å². The molecule has 0 aliphatic carbocycles. The zero-order valence-corrected chi connectivity index (χ0v) is 7.22. The number of aliphatic hydroxyl groups is 4. The second kappa shape index (κ2) is 5.58. The van der Waals surface area contributed by atoms with E-state index in [9.17, 15) is 9.59 Å². The molecule has 0 saturated heterocycles. The van der Waals surface area contributed by atoms with Crippen molar-refractivity contribution in [2.75, 3.05) is 0 Å². The number of aliphatic carboxylic acids is 1. The molecule has 0 bridgehead atoms. The molecule has 0 aromatic rings. The van der Waals surface area contributed by atoms with E-state index < -0.39 is 36.4 Å². The highest BCUT2D eigenvalue weighted by atomic mass is 17.1. The van der Waals surface area contributed by atoms with E-state index in [-0.39, 0.29) is 0 Å². The Morgan fingerprint density at radius 1 is 0.933 bits per heavy atom. The molecule has 0 spiro atoms. The Labute approximate surface area is 82.7 Å². The maximum Gasteiger partial charge on any atom is 0.373 e. The molecule has 6 N–H and O–H groups in total. The normalized spacial score (nSPS) is 18.7. The smallest absolute Gasteiger partial charge is 0.373 e. The first kappa shape index (κ1) is 13.7. The lowest BCUT2D eigenvalue weighted by atomic mass is 10.0. The van der Waals surface area contributed by atoms with Gasteiger partial charge >= 0.3 is 11.9 Å². The van der Waals surface area contributed by atoms with Crippen molar-refractivity contribution in [3.63, 3.8) is 0 Å². The Kier molecular flexibility index (Phi) is 5.11. The summed E-state index contributed by atoms with van der Waals surface area (Å²) in [4.78, 5) is 23.6. The van der Waals surface area contributed by atoms with Crippen LogP contribution in [0.15, 0.2) is 0 Å². The first-order chi connectivity index (χ1) is 6.82. The Hall–Kier alpha value is -1.26. The third kappa shape index (κ3) is 3.42. The summed E-state index contributed by atoms with van der Waals surface area (Å²) in [5, 5.41) is 51.5. The predicted molar refractivity (Wildman–Crippen MR) is 40.4 cm³/mol. The van der Waals surface area contributed by atoms with E-state index in [2.05, 4.69) is 4.89 Å². The molecule has 0 aromatic carbocycles. The average Bonchev–Trinajstić information content (AvgIpc) is 2.23. The van der Waals surface area contributed by atoms with Crippen molar-refractivity contribution in [3.8, 4) is 0 Å². The van der Waals surface area contributed by atoms with Gasteiger partial charge in [0.25, 0.3) is 0 Å². The van der Waals surface area contributed by atoms with E-state index in [1.54, 1.807) is 0 Å². The Morgan fingerprint density at radius 2 is 1.33 bits per heavy atom. The Bertz CT molecular complexity index is 239. The lowest BCUT2D eigenvalue weighted by Gasteiger charge is -2.22. The summed E-state index contributed by atoms with van der Waals surface area (Å²) in [5.41, 5.74) is 0. The standard InChI is InChI=1S/C6H10O9/c7-1(3(9)5(11)12)2(8)4(10)6(13)15-14/h1-4,7-10,14H,(H,11,12)/t1-,2-,3-,4+/m0/s1. The Balaban J connectivity index is 4.49. The van der Waals surface area contributed by atoms with E-state index in [1.807, 2.05) is 0 Å².